The number of rotatable bonds is 1. The van der Waals surface area contributed by atoms with Gasteiger partial charge in [0.05, 0.1) is 13.2 Å². The van der Waals surface area contributed by atoms with E-state index in [-0.39, 0.29) is 18.8 Å². The quantitative estimate of drug-likeness (QED) is 0.838. The molecule has 0 unspecified atom stereocenters. The van der Waals surface area contributed by atoms with Crippen LogP contribution in [0, 0.1) is 0 Å². The van der Waals surface area contributed by atoms with Crippen LogP contribution in [-0.4, -0.2) is 35.8 Å². The maximum Gasteiger partial charge on any atom is 0.226 e. The Morgan fingerprint density at radius 2 is 2.00 bits per heavy atom. The number of ether oxygens (including phenoxy) is 4. The van der Waals surface area contributed by atoms with Crippen LogP contribution in [0.25, 0.3) is 0 Å². The minimum absolute atomic E-state index is 0.117. The molecule has 0 radical (unpaired) electrons. The van der Waals surface area contributed by atoms with Crippen LogP contribution in [0.4, 0.5) is 0 Å². The van der Waals surface area contributed by atoms with Gasteiger partial charge < -0.3 is 24.1 Å². The maximum atomic E-state index is 9.56. The highest BCUT2D eigenvalue weighted by Crippen LogP contribution is 2.53. The average molecular weight is 278 g/mol. The second-order valence-electron chi connectivity index (χ2n) is 5.97. The van der Waals surface area contributed by atoms with Crippen molar-refractivity contribution in [1.29, 1.82) is 0 Å². The SMILES string of the molecule is CC1(C)O[C@H]2[C@@H](O1)[C@]1(OCc3ccccc31)O[C@@H]2CO. The van der Waals surface area contributed by atoms with Crippen LogP contribution in [0.3, 0.4) is 0 Å². The molecule has 0 amide bonds. The topological polar surface area (TPSA) is 57.2 Å². The first-order chi connectivity index (χ1) is 9.56. The summed E-state index contributed by atoms with van der Waals surface area (Å²) in [6.07, 6.45) is -1.12. The standard InChI is InChI=1S/C15H18O5/c1-14(2)19-12-11(7-16)18-15(13(12)20-14)10-6-4-3-5-9(10)8-17-15/h3-6,11-13,16H,7-8H2,1-2H3/t11-,12-,13-,15-/m1/s1. The van der Waals surface area contributed by atoms with Crippen molar-refractivity contribution < 1.29 is 24.1 Å². The van der Waals surface area contributed by atoms with Gasteiger partial charge >= 0.3 is 0 Å². The van der Waals surface area contributed by atoms with Crippen LogP contribution in [0.2, 0.25) is 0 Å². The van der Waals surface area contributed by atoms with Crippen molar-refractivity contribution in [2.75, 3.05) is 6.61 Å². The van der Waals surface area contributed by atoms with E-state index in [9.17, 15) is 5.11 Å². The van der Waals surface area contributed by atoms with Crippen molar-refractivity contribution in [1.82, 2.24) is 0 Å². The molecule has 0 bridgehead atoms. The smallest absolute Gasteiger partial charge is 0.226 e. The van der Waals surface area contributed by atoms with Crippen molar-refractivity contribution in [2.45, 2.75) is 50.3 Å². The lowest BCUT2D eigenvalue weighted by Gasteiger charge is -2.31. The molecule has 2 fully saturated rings. The summed E-state index contributed by atoms with van der Waals surface area (Å²) in [5.41, 5.74) is 2.07. The minimum Gasteiger partial charge on any atom is -0.394 e. The monoisotopic (exact) mass is 278 g/mol. The van der Waals surface area contributed by atoms with Gasteiger partial charge in [-0.15, -0.1) is 0 Å². The zero-order valence-electron chi connectivity index (χ0n) is 11.5. The summed E-state index contributed by atoms with van der Waals surface area (Å²) >= 11 is 0. The fourth-order valence-corrected chi connectivity index (χ4v) is 3.44. The summed E-state index contributed by atoms with van der Waals surface area (Å²) in [4.78, 5) is 0. The van der Waals surface area contributed by atoms with Crippen LogP contribution in [-0.2, 0) is 31.3 Å². The number of aliphatic hydroxyl groups excluding tert-OH is 1. The van der Waals surface area contributed by atoms with Gasteiger partial charge in [0.25, 0.3) is 0 Å². The molecule has 2 saturated heterocycles. The van der Waals surface area contributed by atoms with Crippen molar-refractivity contribution >= 4 is 0 Å². The molecule has 1 N–H and O–H groups in total. The number of aliphatic hydroxyl groups is 1. The van der Waals surface area contributed by atoms with E-state index in [1.54, 1.807) is 0 Å². The predicted molar refractivity (Wildman–Crippen MR) is 68.7 cm³/mol. The van der Waals surface area contributed by atoms with Crippen LogP contribution in [0.1, 0.15) is 25.0 Å². The number of hydrogen-bond acceptors (Lipinski definition) is 5. The number of fused-ring (bicyclic) bond motifs is 4. The van der Waals surface area contributed by atoms with E-state index in [1.165, 1.54) is 0 Å². The molecule has 108 valence electrons. The molecule has 0 aromatic heterocycles. The lowest BCUT2D eigenvalue weighted by atomic mass is 9.96. The molecule has 5 nitrogen and oxygen atoms in total. The summed E-state index contributed by atoms with van der Waals surface area (Å²) in [6.45, 7) is 4.11. The Hall–Kier alpha value is -0.980. The van der Waals surface area contributed by atoms with E-state index < -0.39 is 17.7 Å². The van der Waals surface area contributed by atoms with E-state index >= 15 is 0 Å². The summed E-state index contributed by atoms with van der Waals surface area (Å²) < 4.78 is 23.9. The van der Waals surface area contributed by atoms with Gasteiger partial charge in [0, 0.05) is 5.56 Å². The third-order valence-electron chi connectivity index (χ3n) is 4.21. The predicted octanol–water partition coefficient (Wildman–Crippen LogP) is 1.28. The minimum atomic E-state index is -0.956. The van der Waals surface area contributed by atoms with Gasteiger partial charge in [0.15, 0.2) is 5.79 Å². The summed E-state index contributed by atoms with van der Waals surface area (Å²) in [5, 5.41) is 9.56. The highest BCUT2D eigenvalue weighted by molar-refractivity contribution is 5.36. The van der Waals surface area contributed by atoms with Gasteiger partial charge in [-0.1, -0.05) is 24.3 Å². The highest BCUT2D eigenvalue weighted by Gasteiger charge is 2.66. The molecule has 3 aliphatic rings. The molecule has 0 saturated carbocycles. The normalized spacial score (nSPS) is 41.0. The van der Waals surface area contributed by atoms with Gasteiger partial charge in [0.1, 0.15) is 18.3 Å². The molecule has 20 heavy (non-hydrogen) atoms. The first-order valence-corrected chi connectivity index (χ1v) is 6.92. The molecule has 3 aliphatic heterocycles. The average Bonchev–Trinajstić information content (AvgIpc) is 3.03. The van der Waals surface area contributed by atoms with E-state index in [4.69, 9.17) is 18.9 Å². The zero-order chi connectivity index (χ0) is 14.0. The van der Waals surface area contributed by atoms with Crippen molar-refractivity contribution in [2.24, 2.45) is 0 Å². The van der Waals surface area contributed by atoms with Gasteiger partial charge in [-0.3, -0.25) is 0 Å². The van der Waals surface area contributed by atoms with Gasteiger partial charge in [0.2, 0.25) is 5.79 Å². The van der Waals surface area contributed by atoms with Gasteiger partial charge in [-0.2, -0.15) is 0 Å². The van der Waals surface area contributed by atoms with E-state index in [0.717, 1.165) is 11.1 Å². The van der Waals surface area contributed by atoms with Gasteiger partial charge in [-0.05, 0) is 19.4 Å². The Kier molecular flexibility index (Phi) is 2.56. The largest absolute Gasteiger partial charge is 0.394 e. The first kappa shape index (κ1) is 12.7. The molecule has 1 aromatic rings. The molecular formula is C15H18O5. The van der Waals surface area contributed by atoms with Crippen molar-refractivity contribution in [3.63, 3.8) is 0 Å². The van der Waals surface area contributed by atoms with Crippen LogP contribution in [0.5, 0.6) is 0 Å². The maximum absolute atomic E-state index is 9.56. The third kappa shape index (κ3) is 1.55. The Balaban J connectivity index is 1.80. The molecular weight excluding hydrogens is 260 g/mol. The Labute approximate surface area is 117 Å². The summed E-state index contributed by atoms with van der Waals surface area (Å²) in [5.74, 6) is -1.65. The van der Waals surface area contributed by atoms with Crippen molar-refractivity contribution in [3.05, 3.63) is 35.4 Å². The molecule has 4 atom stereocenters. The molecule has 4 rings (SSSR count). The molecule has 1 aromatic carbocycles. The van der Waals surface area contributed by atoms with Crippen LogP contribution < -0.4 is 0 Å². The molecule has 5 heteroatoms. The second-order valence-corrected chi connectivity index (χ2v) is 5.97. The lowest BCUT2D eigenvalue weighted by molar-refractivity contribution is -0.297. The molecule has 1 spiro atoms. The van der Waals surface area contributed by atoms with Gasteiger partial charge in [-0.25, -0.2) is 0 Å². The van der Waals surface area contributed by atoms with E-state index in [2.05, 4.69) is 0 Å². The molecule has 0 aliphatic carbocycles. The molecule has 3 heterocycles. The first-order valence-electron chi connectivity index (χ1n) is 6.92. The number of hydrogen-bond donors (Lipinski definition) is 1. The number of benzene rings is 1. The highest BCUT2D eigenvalue weighted by atomic mass is 16.8. The fraction of sp³-hybridized carbons (Fsp3) is 0.600. The Morgan fingerprint density at radius 1 is 1.20 bits per heavy atom. The second kappa shape index (κ2) is 4.02. The lowest BCUT2D eigenvalue weighted by Crippen LogP contribution is -2.40. The van der Waals surface area contributed by atoms with E-state index in [1.807, 2.05) is 38.1 Å². The Bertz CT molecular complexity index is 543. The summed E-state index contributed by atoms with van der Waals surface area (Å²) in [6, 6.07) is 7.96. The Morgan fingerprint density at radius 3 is 2.80 bits per heavy atom. The van der Waals surface area contributed by atoms with Crippen LogP contribution in [0.15, 0.2) is 24.3 Å². The zero-order valence-corrected chi connectivity index (χ0v) is 11.5. The fourth-order valence-electron chi connectivity index (χ4n) is 3.44. The third-order valence-corrected chi connectivity index (χ3v) is 4.21. The summed E-state index contributed by atoms with van der Waals surface area (Å²) in [7, 11) is 0. The van der Waals surface area contributed by atoms with Crippen LogP contribution >= 0.6 is 0 Å². The van der Waals surface area contributed by atoms with Crippen molar-refractivity contribution in [3.8, 4) is 0 Å². The van der Waals surface area contributed by atoms with E-state index in [0.29, 0.717) is 6.61 Å².